The lowest BCUT2D eigenvalue weighted by atomic mass is 10.0. The number of carbonyl (C=O) groups excluding carboxylic acids is 2. The molecule has 0 spiro atoms. The molecule has 0 bridgehead atoms. The van der Waals surface area contributed by atoms with Crippen LogP contribution in [0, 0.1) is 0 Å². The van der Waals surface area contributed by atoms with Crippen molar-refractivity contribution < 1.29 is 47.8 Å². The second kappa shape index (κ2) is 37.3. The summed E-state index contributed by atoms with van der Waals surface area (Å²) in [4.78, 5) is 34.5. The fourth-order valence-electron chi connectivity index (χ4n) is 5.99. The minimum Gasteiger partial charge on any atom is -0.462 e. The Morgan fingerprint density at radius 3 is 1.24 bits per heavy atom. The predicted octanol–water partition coefficient (Wildman–Crippen LogP) is 10.7. The van der Waals surface area contributed by atoms with E-state index >= 15 is 0 Å². The van der Waals surface area contributed by atoms with E-state index in [9.17, 15) is 24.2 Å². The topological polar surface area (TPSA) is 149 Å². The Morgan fingerprint density at radius 2 is 0.843 bits per heavy atom. The quantitative estimate of drug-likeness (QED) is 0.0314. The Balaban J connectivity index is 3.92. The molecule has 0 amide bonds. The number of ether oxygens (including phenoxy) is 2. The molecule has 11 heteroatoms. The van der Waals surface area contributed by atoms with Crippen molar-refractivity contribution in [3.05, 3.63) is 0 Å². The van der Waals surface area contributed by atoms with Crippen molar-refractivity contribution in [1.29, 1.82) is 0 Å². The van der Waals surface area contributed by atoms with Gasteiger partial charge in [-0.15, -0.1) is 0 Å². The highest BCUT2D eigenvalue weighted by atomic mass is 31.2. The minimum absolute atomic E-state index is 0.191. The number of aliphatic hydroxyl groups excluding tert-OH is 2. The Labute approximate surface area is 312 Å². The lowest BCUT2D eigenvalue weighted by Crippen LogP contribution is -2.29. The minimum atomic E-state index is -4.59. The highest BCUT2D eigenvalue weighted by molar-refractivity contribution is 7.47. The standard InChI is InChI=1S/C40H79O10P/c1-3-5-7-9-10-11-12-13-14-15-16-17-18-19-20-21-22-23-24-25-26-27-28-30-32-40(44)50-38(35-47-39(43)31-29-8-6-4-2)36-49-51(45,46)48-34-37(42)33-41/h37-38,41-42H,3-36H2,1-2H3,(H,45,46). The van der Waals surface area contributed by atoms with Crippen LogP contribution < -0.4 is 0 Å². The first kappa shape index (κ1) is 50.0. The van der Waals surface area contributed by atoms with Crippen LogP contribution >= 0.6 is 7.82 Å². The number of hydrogen-bond acceptors (Lipinski definition) is 9. The smallest absolute Gasteiger partial charge is 0.462 e. The third kappa shape index (κ3) is 37.1. The van der Waals surface area contributed by atoms with Gasteiger partial charge in [-0.05, 0) is 12.8 Å². The zero-order chi connectivity index (χ0) is 37.7. The van der Waals surface area contributed by atoms with Gasteiger partial charge in [-0.2, -0.15) is 0 Å². The first-order valence-electron chi connectivity index (χ1n) is 21.0. The molecule has 3 atom stereocenters. The fourth-order valence-corrected chi connectivity index (χ4v) is 6.78. The van der Waals surface area contributed by atoms with Crippen LogP contribution in [0.1, 0.15) is 206 Å². The van der Waals surface area contributed by atoms with Gasteiger partial charge in [-0.1, -0.05) is 181 Å². The summed E-state index contributed by atoms with van der Waals surface area (Å²) >= 11 is 0. The van der Waals surface area contributed by atoms with E-state index in [2.05, 4.69) is 18.4 Å². The average Bonchev–Trinajstić information content (AvgIpc) is 3.12. The highest BCUT2D eigenvalue weighted by Gasteiger charge is 2.27. The van der Waals surface area contributed by atoms with Gasteiger partial charge in [0.05, 0.1) is 19.8 Å². The lowest BCUT2D eigenvalue weighted by Gasteiger charge is -2.20. The van der Waals surface area contributed by atoms with Gasteiger partial charge >= 0.3 is 19.8 Å². The third-order valence-electron chi connectivity index (χ3n) is 9.26. The van der Waals surface area contributed by atoms with Crippen LogP contribution in [0.15, 0.2) is 0 Å². The molecule has 0 aliphatic carbocycles. The summed E-state index contributed by atoms with van der Waals surface area (Å²) < 4.78 is 32.4. The SMILES string of the molecule is CCCCCCCCCCCCCCCCCCCCCCCCCCC(=O)OC(COC(=O)CCCCCC)COP(=O)(O)OCC(O)CO. The Morgan fingerprint density at radius 1 is 0.510 bits per heavy atom. The van der Waals surface area contributed by atoms with Gasteiger partial charge in [0.15, 0.2) is 6.10 Å². The molecule has 3 N–H and O–H groups in total. The molecule has 0 aromatic rings. The summed E-state index contributed by atoms with van der Waals surface area (Å²) in [6.07, 6.45) is 33.0. The number of hydrogen-bond donors (Lipinski definition) is 3. The van der Waals surface area contributed by atoms with E-state index in [4.69, 9.17) is 19.1 Å². The summed E-state index contributed by atoms with van der Waals surface area (Å²) in [6, 6.07) is 0. The molecular weight excluding hydrogens is 671 g/mol. The molecule has 10 nitrogen and oxygen atoms in total. The van der Waals surface area contributed by atoms with Gasteiger partial charge in [-0.25, -0.2) is 4.57 Å². The zero-order valence-electron chi connectivity index (χ0n) is 32.8. The summed E-state index contributed by atoms with van der Waals surface area (Å²) in [5, 5.41) is 18.2. The molecule has 51 heavy (non-hydrogen) atoms. The van der Waals surface area contributed by atoms with Crippen molar-refractivity contribution in [3.63, 3.8) is 0 Å². The summed E-state index contributed by atoms with van der Waals surface area (Å²) in [7, 11) is -4.59. The van der Waals surface area contributed by atoms with Gasteiger partial charge < -0.3 is 24.6 Å². The van der Waals surface area contributed by atoms with Crippen LogP contribution in [0.25, 0.3) is 0 Å². The zero-order valence-corrected chi connectivity index (χ0v) is 33.7. The maximum Gasteiger partial charge on any atom is 0.472 e. The molecule has 304 valence electrons. The van der Waals surface area contributed by atoms with E-state index in [0.717, 1.165) is 38.5 Å². The highest BCUT2D eigenvalue weighted by Crippen LogP contribution is 2.43. The molecule has 0 aromatic carbocycles. The predicted molar refractivity (Wildman–Crippen MR) is 206 cm³/mol. The maximum absolute atomic E-state index is 12.5. The number of carbonyl (C=O) groups is 2. The second-order valence-electron chi connectivity index (χ2n) is 14.4. The van der Waals surface area contributed by atoms with E-state index in [0.29, 0.717) is 12.8 Å². The van der Waals surface area contributed by atoms with Crippen molar-refractivity contribution in [2.24, 2.45) is 0 Å². The number of esters is 2. The Kier molecular flexibility index (Phi) is 36.5. The van der Waals surface area contributed by atoms with Crippen LogP contribution in [-0.4, -0.2) is 65.7 Å². The van der Waals surface area contributed by atoms with Crippen LogP contribution in [0.5, 0.6) is 0 Å². The number of aliphatic hydroxyl groups is 2. The van der Waals surface area contributed by atoms with Gasteiger partial charge in [0, 0.05) is 12.8 Å². The molecule has 0 fully saturated rings. The van der Waals surface area contributed by atoms with Crippen LogP contribution in [0.3, 0.4) is 0 Å². The van der Waals surface area contributed by atoms with Gasteiger partial charge in [-0.3, -0.25) is 18.6 Å². The summed E-state index contributed by atoms with van der Waals surface area (Å²) in [5.41, 5.74) is 0. The number of unbranched alkanes of at least 4 members (excludes halogenated alkanes) is 26. The van der Waals surface area contributed by atoms with Crippen molar-refractivity contribution in [2.45, 2.75) is 219 Å². The van der Waals surface area contributed by atoms with Gasteiger partial charge in [0.2, 0.25) is 0 Å². The first-order valence-corrected chi connectivity index (χ1v) is 22.5. The second-order valence-corrected chi connectivity index (χ2v) is 15.8. The summed E-state index contributed by atoms with van der Waals surface area (Å²) in [6.45, 7) is 2.26. The molecule has 0 heterocycles. The molecule has 3 unspecified atom stereocenters. The van der Waals surface area contributed by atoms with Crippen molar-refractivity contribution >= 4 is 19.8 Å². The van der Waals surface area contributed by atoms with E-state index in [1.165, 1.54) is 128 Å². The van der Waals surface area contributed by atoms with Crippen molar-refractivity contribution in [3.8, 4) is 0 Å². The normalized spacial score (nSPS) is 13.9. The van der Waals surface area contributed by atoms with Crippen LogP contribution in [-0.2, 0) is 32.7 Å². The van der Waals surface area contributed by atoms with E-state index in [1.807, 2.05) is 0 Å². The van der Waals surface area contributed by atoms with Crippen LogP contribution in [0.4, 0.5) is 0 Å². The molecule has 0 rings (SSSR count). The largest absolute Gasteiger partial charge is 0.472 e. The average molecular weight is 751 g/mol. The first-order chi connectivity index (χ1) is 24.7. The molecule has 0 aliphatic rings. The van der Waals surface area contributed by atoms with Gasteiger partial charge in [0.1, 0.15) is 12.7 Å². The van der Waals surface area contributed by atoms with Gasteiger partial charge in [0.25, 0.3) is 0 Å². The van der Waals surface area contributed by atoms with Crippen molar-refractivity contribution in [1.82, 2.24) is 0 Å². The van der Waals surface area contributed by atoms with E-state index in [1.54, 1.807) is 0 Å². The third-order valence-corrected chi connectivity index (χ3v) is 10.2. The Hall–Kier alpha value is -1.03. The summed E-state index contributed by atoms with van der Waals surface area (Å²) in [5.74, 6) is -0.933. The number of phosphoric ester groups is 1. The van der Waals surface area contributed by atoms with E-state index < -0.39 is 51.8 Å². The molecule has 0 radical (unpaired) electrons. The molecule has 0 aromatic heterocycles. The lowest BCUT2D eigenvalue weighted by molar-refractivity contribution is -0.161. The van der Waals surface area contributed by atoms with E-state index in [-0.39, 0.29) is 19.4 Å². The number of phosphoric acid groups is 1. The molecule has 0 saturated heterocycles. The Bertz CT molecular complexity index is 827. The van der Waals surface area contributed by atoms with Crippen molar-refractivity contribution in [2.75, 3.05) is 26.4 Å². The molecule has 0 aliphatic heterocycles. The van der Waals surface area contributed by atoms with Crippen LogP contribution in [0.2, 0.25) is 0 Å². The maximum atomic E-state index is 12.5. The molecular formula is C40H79O10P. The molecule has 0 saturated carbocycles. The number of rotatable bonds is 40. The fraction of sp³-hybridized carbons (Fsp3) is 0.950. The monoisotopic (exact) mass is 751 g/mol.